The Morgan fingerprint density at radius 3 is 3.12 bits per heavy atom. The Hall–Kier alpha value is -0.870. The minimum atomic E-state index is 0.524. The summed E-state index contributed by atoms with van der Waals surface area (Å²) < 4.78 is 6.06. The van der Waals surface area contributed by atoms with E-state index in [1.807, 2.05) is 6.20 Å². The summed E-state index contributed by atoms with van der Waals surface area (Å²) in [6, 6.07) is 2.59. The van der Waals surface area contributed by atoms with E-state index in [4.69, 9.17) is 4.74 Å². The number of pyridine rings is 1. The topological polar surface area (TPSA) is 34.1 Å². The van der Waals surface area contributed by atoms with Crippen molar-refractivity contribution in [2.24, 2.45) is 5.92 Å². The van der Waals surface area contributed by atoms with E-state index in [1.54, 1.807) is 7.11 Å². The van der Waals surface area contributed by atoms with Crippen LogP contribution in [0.25, 0.3) is 5.57 Å². The summed E-state index contributed by atoms with van der Waals surface area (Å²) in [6.07, 6.45) is 6.73. The van der Waals surface area contributed by atoms with Crippen LogP contribution in [0.2, 0.25) is 0 Å². The van der Waals surface area contributed by atoms with Gasteiger partial charge in [0.25, 0.3) is 0 Å². The van der Waals surface area contributed by atoms with Crippen molar-refractivity contribution >= 4 is 21.5 Å². The minimum Gasteiger partial charge on any atom is -0.494 e. The maximum absolute atomic E-state index is 5.30. The van der Waals surface area contributed by atoms with Crippen LogP contribution in [0.15, 0.2) is 22.9 Å². The number of nitrogens with one attached hydrogen (secondary N) is 1. The molecule has 2 unspecified atom stereocenters. The Bertz CT molecular complexity index is 472. The Morgan fingerprint density at radius 1 is 1.53 bits per heavy atom. The van der Waals surface area contributed by atoms with Crippen molar-refractivity contribution in [1.29, 1.82) is 0 Å². The third-order valence-corrected chi connectivity index (χ3v) is 4.26. The molecule has 0 bridgehead atoms. The highest BCUT2D eigenvalue weighted by atomic mass is 79.9. The molecule has 4 heteroatoms. The van der Waals surface area contributed by atoms with Crippen molar-refractivity contribution in [3.63, 3.8) is 0 Å². The number of allylic oxidation sites excluding steroid dienone is 1. The molecule has 0 aromatic carbocycles. The maximum Gasteiger partial charge on any atom is 0.152 e. The zero-order chi connectivity index (χ0) is 11.8. The lowest BCUT2D eigenvalue weighted by molar-refractivity contribution is 0.262. The van der Waals surface area contributed by atoms with Gasteiger partial charge in [0.15, 0.2) is 5.75 Å². The average Bonchev–Trinajstić information content (AvgIpc) is 2.31. The van der Waals surface area contributed by atoms with E-state index < -0.39 is 0 Å². The van der Waals surface area contributed by atoms with E-state index in [-0.39, 0.29) is 0 Å². The van der Waals surface area contributed by atoms with Crippen molar-refractivity contribution < 1.29 is 4.74 Å². The number of halogens is 1. The lowest BCUT2D eigenvalue weighted by Gasteiger charge is -2.42. The van der Waals surface area contributed by atoms with Gasteiger partial charge in [-0.25, -0.2) is 4.98 Å². The molecule has 0 saturated carbocycles. The van der Waals surface area contributed by atoms with Gasteiger partial charge in [-0.2, -0.15) is 0 Å². The zero-order valence-corrected chi connectivity index (χ0v) is 11.3. The number of fused-ring (bicyclic) bond motifs is 1. The summed E-state index contributed by atoms with van der Waals surface area (Å²) in [5, 5.41) is 3.50. The second-order valence-electron chi connectivity index (χ2n) is 4.60. The van der Waals surface area contributed by atoms with Gasteiger partial charge in [-0.05, 0) is 46.3 Å². The normalized spacial score (nSPS) is 26.8. The molecule has 90 valence electrons. The van der Waals surface area contributed by atoms with E-state index in [2.05, 4.69) is 38.4 Å². The van der Waals surface area contributed by atoms with Crippen molar-refractivity contribution in [3.05, 3.63) is 28.5 Å². The highest BCUT2D eigenvalue weighted by molar-refractivity contribution is 9.10. The highest BCUT2D eigenvalue weighted by Gasteiger charge is 2.35. The number of ether oxygens (including phenoxy) is 1. The third kappa shape index (κ3) is 1.89. The van der Waals surface area contributed by atoms with Crippen LogP contribution in [0.5, 0.6) is 5.75 Å². The van der Waals surface area contributed by atoms with Crippen molar-refractivity contribution in [2.75, 3.05) is 13.7 Å². The summed E-state index contributed by atoms with van der Waals surface area (Å²) >= 11 is 3.38. The molecule has 3 nitrogen and oxygen atoms in total. The Kier molecular flexibility index (Phi) is 2.92. The fourth-order valence-electron chi connectivity index (χ4n) is 2.64. The van der Waals surface area contributed by atoms with Crippen LogP contribution >= 0.6 is 15.9 Å². The zero-order valence-electron chi connectivity index (χ0n) is 9.74. The van der Waals surface area contributed by atoms with Gasteiger partial charge in [-0.15, -0.1) is 0 Å². The van der Waals surface area contributed by atoms with Crippen LogP contribution in [0.3, 0.4) is 0 Å². The Labute approximate surface area is 109 Å². The molecule has 1 aromatic rings. The second-order valence-corrected chi connectivity index (χ2v) is 5.35. The van der Waals surface area contributed by atoms with Crippen molar-refractivity contribution in [3.8, 4) is 5.75 Å². The smallest absolute Gasteiger partial charge is 0.152 e. The molecule has 2 atom stereocenters. The number of rotatable bonds is 2. The van der Waals surface area contributed by atoms with Crippen LogP contribution in [-0.4, -0.2) is 24.7 Å². The Morgan fingerprint density at radius 2 is 2.41 bits per heavy atom. The first-order valence-corrected chi connectivity index (χ1v) is 6.72. The van der Waals surface area contributed by atoms with E-state index in [0.717, 1.165) is 22.8 Å². The quantitative estimate of drug-likeness (QED) is 0.852. The molecule has 0 amide bonds. The van der Waals surface area contributed by atoms with Crippen LogP contribution in [0.1, 0.15) is 18.4 Å². The molecule has 1 aliphatic carbocycles. The van der Waals surface area contributed by atoms with Crippen molar-refractivity contribution in [2.45, 2.75) is 18.9 Å². The molecule has 3 rings (SSSR count). The molecule has 1 N–H and O–H groups in total. The van der Waals surface area contributed by atoms with Gasteiger partial charge in [0.1, 0.15) is 4.60 Å². The number of methoxy groups -OCH3 is 1. The van der Waals surface area contributed by atoms with Gasteiger partial charge < -0.3 is 10.1 Å². The average molecular weight is 295 g/mol. The largest absolute Gasteiger partial charge is 0.494 e. The van der Waals surface area contributed by atoms with Crippen LogP contribution in [-0.2, 0) is 0 Å². The fraction of sp³-hybridized carbons (Fsp3) is 0.462. The lowest BCUT2D eigenvalue weighted by atomic mass is 9.76. The van der Waals surface area contributed by atoms with E-state index in [0.29, 0.717) is 6.04 Å². The molecule has 0 spiro atoms. The first-order valence-electron chi connectivity index (χ1n) is 5.93. The number of nitrogens with zero attached hydrogens (tertiary/aromatic N) is 1. The second kappa shape index (κ2) is 4.42. The van der Waals surface area contributed by atoms with Gasteiger partial charge in [0, 0.05) is 24.3 Å². The first-order chi connectivity index (χ1) is 8.29. The molecule has 1 fully saturated rings. The summed E-state index contributed by atoms with van der Waals surface area (Å²) in [5.41, 5.74) is 2.55. The molecule has 1 saturated heterocycles. The highest BCUT2D eigenvalue weighted by Crippen LogP contribution is 2.37. The van der Waals surface area contributed by atoms with Crippen LogP contribution < -0.4 is 10.1 Å². The summed E-state index contributed by atoms with van der Waals surface area (Å²) in [6.45, 7) is 1.16. The standard InChI is InChI=1S/C13H15BrN2O/c1-17-11-5-9(7-16-13(11)14)10-4-2-3-8-6-15-12(8)10/h4-5,7-8,12,15H,2-3,6H2,1H3. The third-order valence-electron chi connectivity index (χ3n) is 3.67. The summed E-state index contributed by atoms with van der Waals surface area (Å²) in [4.78, 5) is 4.33. The molecule has 2 aliphatic rings. The molecule has 2 heterocycles. The summed E-state index contributed by atoms with van der Waals surface area (Å²) in [7, 11) is 1.67. The molecular weight excluding hydrogens is 280 g/mol. The van der Waals surface area contributed by atoms with E-state index in [1.165, 1.54) is 24.0 Å². The van der Waals surface area contributed by atoms with E-state index >= 15 is 0 Å². The Balaban J connectivity index is 1.95. The van der Waals surface area contributed by atoms with Gasteiger partial charge >= 0.3 is 0 Å². The van der Waals surface area contributed by atoms with Gasteiger partial charge in [-0.3, -0.25) is 0 Å². The van der Waals surface area contributed by atoms with Crippen LogP contribution in [0.4, 0.5) is 0 Å². The molecular formula is C13H15BrN2O. The molecule has 0 radical (unpaired) electrons. The predicted octanol–water partition coefficient (Wildman–Crippen LogP) is 2.62. The number of aromatic nitrogens is 1. The van der Waals surface area contributed by atoms with E-state index in [9.17, 15) is 0 Å². The fourth-order valence-corrected chi connectivity index (χ4v) is 3.02. The van der Waals surface area contributed by atoms with Gasteiger partial charge in [0.05, 0.1) is 7.11 Å². The predicted molar refractivity (Wildman–Crippen MR) is 71.0 cm³/mol. The SMILES string of the molecule is COc1cc(C2=CCCC3CNC23)cnc1Br. The monoisotopic (exact) mass is 294 g/mol. The van der Waals surface area contributed by atoms with Crippen LogP contribution in [0, 0.1) is 5.92 Å². The molecule has 1 aromatic heterocycles. The minimum absolute atomic E-state index is 0.524. The maximum atomic E-state index is 5.30. The van der Waals surface area contributed by atoms with Crippen molar-refractivity contribution in [1.82, 2.24) is 10.3 Å². The first kappa shape index (κ1) is 11.2. The van der Waals surface area contributed by atoms with Gasteiger partial charge in [0.2, 0.25) is 0 Å². The molecule has 17 heavy (non-hydrogen) atoms. The number of hydrogen-bond acceptors (Lipinski definition) is 3. The molecule has 1 aliphatic heterocycles. The summed E-state index contributed by atoms with van der Waals surface area (Å²) in [5.74, 6) is 1.61. The lowest BCUT2D eigenvalue weighted by Crippen LogP contribution is -2.54. The number of hydrogen-bond donors (Lipinski definition) is 1. The van der Waals surface area contributed by atoms with Gasteiger partial charge in [-0.1, -0.05) is 6.08 Å².